The first-order valence-electron chi connectivity index (χ1n) is 11.7. The van der Waals surface area contributed by atoms with Crippen molar-refractivity contribution < 1.29 is 4.74 Å². The van der Waals surface area contributed by atoms with Gasteiger partial charge in [0.2, 0.25) is 0 Å². The third-order valence-corrected chi connectivity index (χ3v) is 7.95. The Kier molecular flexibility index (Phi) is 7.95. The SMILES string of the molecule is CSc1nc(-c2cccc(N)c2)c(-c2ccnc(Nc3ccccc3)c2)n1COCC[Si](C)(C)C. The van der Waals surface area contributed by atoms with Gasteiger partial charge in [-0.25, -0.2) is 9.97 Å². The number of hydrogen-bond donors (Lipinski definition) is 2. The van der Waals surface area contributed by atoms with Crippen molar-refractivity contribution in [3.63, 3.8) is 0 Å². The van der Waals surface area contributed by atoms with Crippen LogP contribution in [0.5, 0.6) is 0 Å². The number of nitrogen functional groups attached to an aromatic ring is 1. The molecule has 0 saturated carbocycles. The third-order valence-electron chi connectivity index (χ3n) is 5.57. The summed E-state index contributed by atoms with van der Waals surface area (Å²) >= 11 is 1.61. The highest BCUT2D eigenvalue weighted by molar-refractivity contribution is 7.98. The Labute approximate surface area is 213 Å². The summed E-state index contributed by atoms with van der Waals surface area (Å²) in [6.45, 7) is 8.27. The van der Waals surface area contributed by atoms with Crippen LogP contribution in [0.1, 0.15) is 0 Å². The molecule has 0 unspecified atom stereocenters. The molecule has 0 fully saturated rings. The molecule has 0 saturated heterocycles. The summed E-state index contributed by atoms with van der Waals surface area (Å²) < 4.78 is 8.35. The van der Waals surface area contributed by atoms with E-state index in [0.29, 0.717) is 12.4 Å². The van der Waals surface area contributed by atoms with Gasteiger partial charge in [-0.15, -0.1) is 0 Å². The lowest BCUT2D eigenvalue weighted by Gasteiger charge is -2.17. The Morgan fingerprint density at radius 1 is 1.00 bits per heavy atom. The summed E-state index contributed by atoms with van der Waals surface area (Å²) in [4.78, 5) is 9.56. The number of hydrogen-bond acceptors (Lipinski definition) is 6. The Hall–Kier alpha value is -3.07. The fourth-order valence-electron chi connectivity index (χ4n) is 3.74. The van der Waals surface area contributed by atoms with Gasteiger partial charge in [-0.2, -0.15) is 0 Å². The molecule has 2 aromatic heterocycles. The van der Waals surface area contributed by atoms with E-state index < -0.39 is 8.07 Å². The number of nitrogens with zero attached hydrogens (tertiary/aromatic N) is 3. The minimum Gasteiger partial charge on any atom is -0.399 e. The Morgan fingerprint density at radius 2 is 1.80 bits per heavy atom. The Bertz CT molecular complexity index is 1270. The van der Waals surface area contributed by atoms with E-state index in [0.717, 1.165) is 51.8 Å². The zero-order valence-electron chi connectivity index (χ0n) is 20.8. The fraction of sp³-hybridized carbons (Fsp3) is 0.259. The topological polar surface area (TPSA) is 78.0 Å². The first-order chi connectivity index (χ1) is 16.8. The summed E-state index contributed by atoms with van der Waals surface area (Å²) in [5.74, 6) is 0.769. The van der Waals surface area contributed by atoms with Crippen LogP contribution in [0.2, 0.25) is 25.7 Å². The number of imidazole rings is 1. The lowest BCUT2D eigenvalue weighted by Crippen LogP contribution is -2.22. The van der Waals surface area contributed by atoms with Crippen molar-refractivity contribution in [1.82, 2.24) is 14.5 Å². The molecule has 0 spiro atoms. The number of nitrogens with two attached hydrogens (primary N) is 1. The van der Waals surface area contributed by atoms with E-state index in [1.807, 2.05) is 73.1 Å². The largest absolute Gasteiger partial charge is 0.399 e. The molecule has 2 aromatic carbocycles. The highest BCUT2D eigenvalue weighted by Crippen LogP contribution is 2.37. The monoisotopic (exact) mass is 503 g/mol. The maximum Gasteiger partial charge on any atom is 0.170 e. The number of pyridine rings is 1. The summed E-state index contributed by atoms with van der Waals surface area (Å²) in [7, 11) is -1.18. The highest BCUT2D eigenvalue weighted by Gasteiger charge is 2.21. The van der Waals surface area contributed by atoms with Gasteiger partial charge in [0.05, 0.1) is 11.4 Å². The van der Waals surface area contributed by atoms with Crippen LogP contribution < -0.4 is 11.1 Å². The number of thioether (sulfide) groups is 1. The highest BCUT2D eigenvalue weighted by atomic mass is 32.2. The van der Waals surface area contributed by atoms with Crippen LogP contribution in [0, 0.1) is 0 Å². The third kappa shape index (κ3) is 6.54. The van der Waals surface area contributed by atoms with E-state index in [9.17, 15) is 0 Å². The maximum atomic E-state index is 6.19. The predicted molar refractivity (Wildman–Crippen MR) is 151 cm³/mol. The molecule has 182 valence electrons. The van der Waals surface area contributed by atoms with Gasteiger partial charge in [0.15, 0.2) is 5.16 Å². The molecule has 8 heteroatoms. The molecule has 3 N–H and O–H groups in total. The maximum absolute atomic E-state index is 6.19. The lowest BCUT2D eigenvalue weighted by molar-refractivity contribution is 0.0825. The van der Waals surface area contributed by atoms with Gasteiger partial charge < -0.3 is 15.8 Å². The van der Waals surface area contributed by atoms with Crippen molar-refractivity contribution in [2.75, 3.05) is 23.9 Å². The van der Waals surface area contributed by atoms with Crippen molar-refractivity contribution in [3.05, 3.63) is 72.9 Å². The zero-order valence-corrected chi connectivity index (χ0v) is 22.6. The molecule has 0 radical (unpaired) electrons. The molecule has 0 aliphatic rings. The van der Waals surface area contributed by atoms with E-state index in [1.165, 1.54) is 0 Å². The average molecular weight is 504 g/mol. The van der Waals surface area contributed by atoms with Crippen LogP contribution in [0.25, 0.3) is 22.5 Å². The molecule has 0 amide bonds. The standard InChI is InChI=1S/C27H33N5OSSi/c1-34-27-31-25(20-9-8-10-22(28)17-20)26(32(27)19-33-15-16-35(2,3)4)21-13-14-29-24(18-21)30-23-11-6-5-7-12-23/h5-14,17-18H,15-16,19,28H2,1-4H3,(H,29,30). The van der Waals surface area contributed by atoms with Crippen LogP contribution in [0.15, 0.2) is 78.1 Å². The van der Waals surface area contributed by atoms with E-state index in [4.69, 9.17) is 15.5 Å². The molecule has 6 nitrogen and oxygen atoms in total. The molecule has 2 heterocycles. The van der Waals surface area contributed by atoms with Gasteiger partial charge in [0.1, 0.15) is 12.5 Å². The van der Waals surface area contributed by atoms with Gasteiger partial charge in [-0.05, 0) is 48.7 Å². The van der Waals surface area contributed by atoms with Crippen LogP contribution in [0.3, 0.4) is 0 Å². The molecule has 4 aromatic rings. The smallest absolute Gasteiger partial charge is 0.170 e. The summed E-state index contributed by atoms with van der Waals surface area (Å²) in [6.07, 6.45) is 3.87. The van der Waals surface area contributed by atoms with E-state index in [1.54, 1.807) is 11.8 Å². The molecular formula is C27H33N5OSSi. The van der Waals surface area contributed by atoms with Crippen molar-refractivity contribution in [2.45, 2.75) is 37.6 Å². The van der Waals surface area contributed by atoms with Crippen molar-refractivity contribution >= 4 is 37.0 Å². The zero-order chi connectivity index (χ0) is 24.8. The molecule has 35 heavy (non-hydrogen) atoms. The number of aromatic nitrogens is 3. The first kappa shape index (κ1) is 25.0. The number of ether oxygens (including phenoxy) is 1. The minimum absolute atomic E-state index is 0.440. The second-order valence-electron chi connectivity index (χ2n) is 9.62. The van der Waals surface area contributed by atoms with Gasteiger partial charge in [-0.3, -0.25) is 4.57 Å². The van der Waals surface area contributed by atoms with Gasteiger partial charge >= 0.3 is 0 Å². The van der Waals surface area contributed by atoms with Gasteiger partial charge in [0, 0.05) is 43.4 Å². The van der Waals surface area contributed by atoms with E-state index >= 15 is 0 Å². The normalized spacial score (nSPS) is 11.5. The van der Waals surface area contributed by atoms with Crippen LogP contribution in [-0.2, 0) is 11.5 Å². The summed E-state index contributed by atoms with van der Waals surface area (Å²) in [6, 6.07) is 23.1. The Morgan fingerprint density at radius 3 is 2.51 bits per heavy atom. The number of rotatable bonds is 10. The Balaban J connectivity index is 1.75. The van der Waals surface area contributed by atoms with Gasteiger partial charge in [-0.1, -0.05) is 61.7 Å². The summed E-state index contributed by atoms with van der Waals surface area (Å²) in [5, 5.41) is 4.30. The van der Waals surface area contributed by atoms with Crippen LogP contribution >= 0.6 is 11.8 Å². The molecular weight excluding hydrogens is 470 g/mol. The number of nitrogens with one attached hydrogen (secondary N) is 1. The number of anilines is 3. The van der Waals surface area contributed by atoms with Gasteiger partial charge in [0.25, 0.3) is 0 Å². The van der Waals surface area contributed by atoms with Crippen LogP contribution in [-0.4, -0.2) is 35.5 Å². The molecule has 4 rings (SSSR count). The summed E-state index contributed by atoms with van der Waals surface area (Å²) in [5.41, 5.74) is 11.7. The molecule has 0 bridgehead atoms. The van der Waals surface area contributed by atoms with Crippen molar-refractivity contribution in [3.8, 4) is 22.5 Å². The minimum atomic E-state index is -1.18. The van der Waals surface area contributed by atoms with E-state index in [-0.39, 0.29) is 0 Å². The van der Waals surface area contributed by atoms with Crippen molar-refractivity contribution in [1.29, 1.82) is 0 Å². The van der Waals surface area contributed by atoms with E-state index in [2.05, 4.69) is 40.6 Å². The predicted octanol–water partition coefficient (Wildman–Crippen LogP) is 6.97. The first-order valence-corrected chi connectivity index (χ1v) is 16.6. The second kappa shape index (κ2) is 11.1. The van der Waals surface area contributed by atoms with Crippen molar-refractivity contribution in [2.24, 2.45) is 0 Å². The average Bonchev–Trinajstić information content (AvgIpc) is 3.21. The fourth-order valence-corrected chi connectivity index (χ4v) is 5.04. The quantitative estimate of drug-likeness (QED) is 0.105. The molecule has 0 aliphatic heterocycles. The lowest BCUT2D eigenvalue weighted by atomic mass is 10.0. The molecule has 0 atom stereocenters. The van der Waals surface area contributed by atoms with Crippen LogP contribution in [0.4, 0.5) is 17.2 Å². The second-order valence-corrected chi connectivity index (χ2v) is 16.0. The number of para-hydroxylation sites is 1. The molecule has 0 aliphatic carbocycles. The number of benzene rings is 2.